The molecule has 0 spiro atoms. The molecule has 0 heterocycles. The summed E-state index contributed by atoms with van der Waals surface area (Å²) in [6, 6.07) is 6.92. The number of ether oxygens (including phenoxy) is 6. The summed E-state index contributed by atoms with van der Waals surface area (Å²) in [6.07, 6.45) is 4.64. The first-order valence-electron chi connectivity index (χ1n) is 11.9. The number of carbonyl (C=O) groups excluding carboxylic acids is 2. The third-order valence-corrected chi connectivity index (χ3v) is 4.83. The van der Waals surface area contributed by atoms with Crippen molar-refractivity contribution in [2.75, 3.05) is 66.1 Å². The molecule has 188 valence electrons. The molecule has 0 aliphatic rings. The Morgan fingerprint density at radius 2 is 1.30 bits per heavy atom. The summed E-state index contributed by atoms with van der Waals surface area (Å²) >= 11 is 0. The van der Waals surface area contributed by atoms with Gasteiger partial charge in [-0.25, -0.2) is 0 Å². The predicted octanol–water partition coefficient (Wildman–Crippen LogP) is 3.70. The molecule has 0 saturated carbocycles. The second kappa shape index (κ2) is 20.6. The van der Waals surface area contributed by atoms with Gasteiger partial charge in [0.15, 0.2) is 0 Å². The van der Waals surface area contributed by atoms with Crippen LogP contribution in [0.25, 0.3) is 0 Å². The molecule has 33 heavy (non-hydrogen) atoms. The third kappa shape index (κ3) is 15.5. The molecular weight excluding hydrogens is 428 g/mol. The second-order valence-electron chi connectivity index (χ2n) is 7.40. The topological polar surface area (TPSA) is 89.5 Å². The van der Waals surface area contributed by atoms with Crippen LogP contribution < -0.4 is 4.74 Å². The average molecular weight is 469 g/mol. The third-order valence-electron chi connectivity index (χ3n) is 4.83. The van der Waals surface area contributed by atoms with Gasteiger partial charge in [0.25, 0.3) is 0 Å². The lowest BCUT2D eigenvalue weighted by Gasteiger charge is -2.13. The number of hydrogen-bond donors (Lipinski definition) is 0. The lowest BCUT2D eigenvalue weighted by molar-refractivity contribution is -0.150. The van der Waals surface area contributed by atoms with Gasteiger partial charge in [-0.15, -0.1) is 0 Å². The van der Waals surface area contributed by atoms with Crippen LogP contribution in [0, 0.1) is 5.92 Å². The van der Waals surface area contributed by atoms with Crippen LogP contribution in [-0.2, 0) is 28.5 Å². The number of hydrogen-bond acceptors (Lipinski definition) is 8. The maximum Gasteiger partial charge on any atom is 0.308 e. The van der Waals surface area contributed by atoms with Gasteiger partial charge in [0.1, 0.15) is 25.2 Å². The molecule has 1 unspecified atom stereocenters. The number of benzene rings is 1. The normalized spacial score (nSPS) is 11.8. The lowest BCUT2D eigenvalue weighted by atomic mass is 10.00. The molecule has 8 nitrogen and oxygen atoms in total. The van der Waals surface area contributed by atoms with E-state index < -0.39 is 0 Å². The van der Waals surface area contributed by atoms with E-state index in [2.05, 4.69) is 6.92 Å². The first-order chi connectivity index (χ1) is 16.2. The quantitative estimate of drug-likeness (QED) is 0.145. The van der Waals surface area contributed by atoms with E-state index in [9.17, 15) is 9.59 Å². The van der Waals surface area contributed by atoms with E-state index in [1.54, 1.807) is 24.3 Å². The maximum absolute atomic E-state index is 12.0. The van der Waals surface area contributed by atoms with Gasteiger partial charge in [0.05, 0.1) is 58.8 Å². The van der Waals surface area contributed by atoms with Crippen molar-refractivity contribution in [2.45, 2.75) is 39.5 Å². The number of carbonyl (C=O) groups is 2. The van der Waals surface area contributed by atoms with E-state index in [1.807, 2.05) is 6.92 Å². The molecule has 1 atom stereocenters. The zero-order valence-corrected chi connectivity index (χ0v) is 20.1. The van der Waals surface area contributed by atoms with Gasteiger partial charge in [0.2, 0.25) is 0 Å². The monoisotopic (exact) mass is 468 g/mol. The van der Waals surface area contributed by atoms with Crippen molar-refractivity contribution in [3.05, 3.63) is 29.8 Å². The highest BCUT2D eigenvalue weighted by Crippen LogP contribution is 2.14. The maximum atomic E-state index is 12.0. The molecule has 0 amide bonds. The molecule has 8 heteroatoms. The highest BCUT2D eigenvalue weighted by atomic mass is 16.6. The molecule has 1 rings (SSSR count). The zero-order chi connectivity index (χ0) is 24.0. The number of unbranched alkanes of at least 4 members (excludes halogenated alkanes) is 1. The minimum atomic E-state index is -0.121. The Balaban J connectivity index is 1.81. The summed E-state index contributed by atoms with van der Waals surface area (Å²) in [7, 11) is 0. The fraction of sp³-hybridized carbons (Fsp3) is 0.680. The number of esters is 1. The summed E-state index contributed by atoms with van der Waals surface area (Å²) in [5, 5.41) is 0. The van der Waals surface area contributed by atoms with Crippen molar-refractivity contribution in [3.8, 4) is 5.75 Å². The molecule has 1 aromatic carbocycles. The van der Waals surface area contributed by atoms with E-state index in [-0.39, 0.29) is 18.5 Å². The van der Waals surface area contributed by atoms with Gasteiger partial charge < -0.3 is 28.4 Å². The summed E-state index contributed by atoms with van der Waals surface area (Å²) in [4.78, 5) is 22.5. The minimum absolute atomic E-state index is 0.0000588. The molecular formula is C25H40O8. The van der Waals surface area contributed by atoms with Crippen molar-refractivity contribution in [1.82, 2.24) is 0 Å². The van der Waals surface area contributed by atoms with Crippen LogP contribution in [0.1, 0.15) is 49.9 Å². The van der Waals surface area contributed by atoms with Crippen LogP contribution in [-0.4, -0.2) is 78.3 Å². The fourth-order valence-corrected chi connectivity index (χ4v) is 2.88. The first kappa shape index (κ1) is 29.0. The Hall–Kier alpha value is -2.00. The van der Waals surface area contributed by atoms with Crippen molar-refractivity contribution in [3.63, 3.8) is 0 Å². The largest absolute Gasteiger partial charge is 0.491 e. The van der Waals surface area contributed by atoms with Crippen molar-refractivity contribution >= 4 is 12.3 Å². The number of aldehydes is 1. The van der Waals surface area contributed by atoms with Gasteiger partial charge in [-0.2, -0.15) is 0 Å². The molecule has 0 aliphatic carbocycles. The Morgan fingerprint density at radius 3 is 1.79 bits per heavy atom. The van der Waals surface area contributed by atoms with Crippen LogP contribution in [0.15, 0.2) is 24.3 Å². The Bertz CT molecular complexity index is 605. The highest BCUT2D eigenvalue weighted by Gasteiger charge is 2.16. The van der Waals surface area contributed by atoms with Gasteiger partial charge >= 0.3 is 5.97 Å². The Labute approximate surface area is 197 Å². The van der Waals surface area contributed by atoms with E-state index >= 15 is 0 Å². The van der Waals surface area contributed by atoms with Crippen molar-refractivity contribution < 1.29 is 38.0 Å². The zero-order valence-electron chi connectivity index (χ0n) is 20.1. The summed E-state index contributed by atoms with van der Waals surface area (Å²) in [6.45, 7) is 8.52. The molecule has 0 aromatic heterocycles. The van der Waals surface area contributed by atoms with E-state index in [0.29, 0.717) is 70.8 Å². The van der Waals surface area contributed by atoms with Gasteiger partial charge in [-0.3, -0.25) is 9.59 Å². The van der Waals surface area contributed by atoms with Crippen LogP contribution in [0.2, 0.25) is 0 Å². The molecule has 0 bridgehead atoms. The first-order valence-corrected chi connectivity index (χ1v) is 11.9. The van der Waals surface area contributed by atoms with Crippen molar-refractivity contribution in [1.29, 1.82) is 0 Å². The van der Waals surface area contributed by atoms with Crippen LogP contribution in [0.5, 0.6) is 5.75 Å². The molecule has 0 N–H and O–H groups in total. The smallest absolute Gasteiger partial charge is 0.308 e. The van der Waals surface area contributed by atoms with E-state index in [4.69, 9.17) is 28.4 Å². The minimum Gasteiger partial charge on any atom is -0.491 e. The van der Waals surface area contributed by atoms with Gasteiger partial charge in [-0.1, -0.05) is 26.7 Å². The number of rotatable bonds is 22. The molecule has 0 saturated heterocycles. The van der Waals surface area contributed by atoms with Crippen LogP contribution in [0.4, 0.5) is 0 Å². The van der Waals surface area contributed by atoms with Gasteiger partial charge in [0, 0.05) is 5.56 Å². The second-order valence-corrected chi connectivity index (χ2v) is 7.40. The summed E-state index contributed by atoms with van der Waals surface area (Å²) in [5.74, 6) is 0.583. The molecule has 1 aromatic rings. The van der Waals surface area contributed by atoms with Gasteiger partial charge in [-0.05, 0) is 37.1 Å². The molecule has 0 aliphatic heterocycles. The lowest BCUT2D eigenvalue weighted by Crippen LogP contribution is -2.20. The van der Waals surface area contributed by atoms with Crippen molar-refractivity contribution in [2.24, 2.45) is 5.92 Å². The summed E-state index contributed by atoms with van der Waals surface area (Å²) in [5.41, 5.74) is 0.619. The van der Waals surface area contributed by atoms with Crippen LogP contribution in [0.3, 0.4) is 0 Å². The SMILES string of the molecule is CCCCC(CC)C(=O)OCCOCCOCCOCCOCCOc1ccc(C=O)cc1. The van der Waals surface area contributed by atoms with E-state index in [1.165, 1.54) is 0 Å². The Kier molecular flexibility index (Phi) is 18.1. The molecule has 0 radical (unpaired) electrons. The van der Waals surface area contributed by atoms with Crippen LogP contribution >= 0.6 is 0 Å². The summed E-state index contributed by atoms with van der Waals surface area (Å²) < 4.78 is 32.5. The fourth-order valence-electron chi connectivity index (χ4n) is 2.88. The average Bonchev–Trinajstić information content (AvgIpc) is 2.84. The molecule has 0 fully saturated rings. The Morgan fingerprint density at radius 1 is 0.788 bits per heavy atom. The van der Waals surface area contributed by atoms with E-state index in [0.717, 1.165) is 32.0 Å². The highest BCUT2D eigenvalue weighted by molar-refractivity contribution is 5.74. The standard InChI is InChI=1S/C25H40O8/c1-3-5-6-23(4-2)25(27)33-20-18-31-16-14-29-12-11-28-13-15-30-17-19-32-24-9-7-22(21-26)8-10-24/h7-10,21,23H,3-6,11-20H2,1-2H3. The predicted molar refractivity (Wildman–Crippen MR) is 125 cm³/mol.